The van der Waals surface area contributed by atoms with Gasteiger partial charge in [0.2, 0.25) is 5.91 Å². The number of carbonyl (C=O) groups excluding carboxylic acids is 1. The molecule has 1 rings (SSSR count). The fraction of sp³-hybridized carbons (Fsp3) is 0.533. The molecule has 1 aromatic carbocycles. The van der Waals surface area contributed by atoms with Crippen LogP contribution in [0.5, 0.6) is 0 Å². The number of amides is 1. The molecule has 4 nitrogen and oxygen atoms in total. The van der Waals surface area contributed by atoms with Crippen LogP contribution in [0, 0.1) is 6.92 Å². The Bertz CT molecular complexity index is 435. The number of halogens is 1. The predicted molar refractivity (Wildman–Crippen MR) is 85.5 cm³/mol. The van der Waals surface area contributed by atoms with Gasteiger partial charge < -0.3 is 15.5 Å². The molecule has 0 saturated heterocycles. The maximum atomic E-state index is 11.8. The lowest BCUT2D eigenvalue weighted by molar-refractivity contribution is -0.116. The van der Waals surface area contributed by atoms with Crippen molar-refractivity contribution in [3.8, 4) is 0 Å². The first-order valence-corrected chi connectivity index (χ1v) is 7.28. The minimum absolute atomic E-state index is 0.0236. The summed E-state index contributed by atoms with van der Waals surface area (Å²) in [4.78, 5) is 13.9. The zero-order valence-corrected chi connectivity index (χ0v) is 13.3. The number of carbonyl (C=O) groups is 1. The first-order chi connectivity index (χ1) is 9.49. The molecule has 0 aliphatic heterocycles. The molecule has 2 N–H and O–H groups in total. The number of anilines is 1. The third-order valence-corrected chi connectivity index (χ3v) is 3.19. The van der Waals surface area contributed by atoms with Crippen LogP contribution >= 0.6 is 11.6 Å². The third kappa shape index (κ3) is 6.89. The third-order valence-electron chi connectivity index (χ3n) is 2.95. The van der Waals surface area contributed by atoms with Crippen LogP contribution in [-0.4, -0.2) is 44.5 Å². The highest BCUT2D eigenvalue weighted by atomic mass is 35.5. The van der Waals surface area contributed by atoms with E-state index in [-0.39, 0.29) is 5.91 Å². The van der Waals surface area contributed by atoms with Gasteiger partial charge in [0, 0.05) is 23.7 Å². The van der Waals surface area contributed by atoms with Gasteiger partial charge in [0.15, 0.2) is 0 Å². The number of rotatable bonds is 8. The molecule has 0 bridgehead atoms. The molecule has 0 aromatic heterocycles. The molecule has 1 amide bonds. The summed E-state index contributed by atoms with van der Waals surface area (Å²) in [5, 5.41) is 6.86. The lowest BCUT2D eigenvalue weighted by atomic mass is 10.2. The van der Waals surface area contributed by atoms with Gasteiger partial charge in [-0.1, -0.05) is 11.6 Å². The lowest BCUT2D eigenvalue weighted by Gasteiger charge is -2.10. The fourth-order valence-corrected chi connectivity index (χ4v) is 2.05. The zero-order valence-electron chi connectivity index (χ0n) is 12.5. The molecule has 112 valence electrons. The predicted octanol–water partition coefficient (Wildman–Crippen LogP) is 2.52. The summed E-state index contributed by atoms with van der Waals surface area (Å²) < 4.78 is 0. The maximum Gasteiger partial charge on any atom is 0.225 e. The summed E-state index contributed by atoms with van der Waals surface area (Å²) in [6.07, 6.45) is 1.56. The minimum Gasteiger partial charge on any atom is -0.326 e. The van der Waals surface area contributed by atoms with E-state index in [0.29, 0.717) is 18.0 Å². The van der Waals surface area contributed by atoms with Gasteiger partial charge in [0.25, 0.3) is 0 Å². The number of hydrogen-bond acceptors (Lipinski definition) is 3. The van der Waals surface area contributed by atoms with Gasteiger partial charge in [-0.15, -0.1) is 0 Å². The van der Waals surface area contributed by atoms with Gasteiger partial charge in [0.1, 0.15) is 0 Å². The van der Waals surface area contributed by atoms with Crippen LogP contribution in [0.4, 0.5) is 5.69 Å². The highest BCUT2D eigenvalue weighted by Gasteiger charge is 2.04. The molecule has 0 aliphatic rings. The summed E-state index contributed by atoms with van der Waals surface area (Å²) >= 11 is 5.88. The molecule has 0 spiro atoms. The normalized spacial score (nSPS) is 10.8. The monoisotopic (exact) mass is 297 g/mol. The van der Waals surface area contributed by atoms with E-state index in [1.807, 2.05) is 19.1 Å². The van der Waals surface area contributed by atoms with Crippen molar-refractivity contribution in [2.24, 2.45) is 0 Å². The van der Waals surface area contributed by atoms with Crippen LogP contribution < -0.4 is 10.6 Å². The van der Waals surface area contributed by atoms with Gasteiger partial charge in [-0.3, -0.25) is 4.79 Å². The average Bonchev–Trinajstić information content (AvgIpc) is 2.36. The molecule has 0 aliphatic carbocycles. The topological polar surface area (TPSA) is 44.4 Å². The highest BCUT2D eigenvalue weighted by molar-refractivity contribution is 6.30. The first kappa shape index (κ1) is 17.0. The Kier molecular flexibility index (Phi) is 7.59. The molecular weight excluding hydrogens is 274 g/mol. The second kappa shape index (κ2) is 8.95. The summed E-state index contributed by atoms with van der Waals surface area (Å²) in [5.41, 5.74) is 1.80. The van der Waals surface area contributed by atoms with Crippen molar-refractivity contribution in [3.63, 3.8) is 0 Å². The molecule has 20 heavy (non-hydrogen) atoms. The van der Waals surface area contributed by atoms with Crippen LogP contribution in [0.1, 0.15) is 18.4 Å². The number of nitrogens with one attached hydrogen (secondary N) is 2. The number of aryl methyl sites for hydroxylation is 1. The summed E-state index contributed by atoms with van der Waals surface area (Å²) in [6, 6.07) is 5.46. The minimum atomic E-state index is 0.0236. The van der Waals surface area contributed by atoms with Crippen molar-refractivity contribution < 1.29 is 4.79 Å². The number of benzene rings is 1. The van der Waals surface area contributed by atoms with Gasteiger partial charge in [-0.05, 0) is 64.3 Å². The van der Waals surface area contributed by atoms with Crippen LogP contribution in [0.25, 0.3) is 0 Å². The molecule has 0 heterocycles. The molecule has 0 atom stereocenters. The van der Waals surface area contributed by atoms with Crippen molar-refractivity contribution in [3.05, 3.63) is 28.8 Å². The molecule has 1 aromatic rings. The number of hydrogen-bond donors (Lipinski definition) is 2. The molecular formula is C15H24ClN3O. The van der Waals surface area contributed by atoms with E-state index in [4.69, 9.17) is 11.6 Å². The van der Waals surface area contributed by atoms with E-state index < -0.39 is 0 Å². The number of nitrogens with zero attached hydrogens (tertiary/aromatic N) is 1. The van der Waals surface area contributed by atoms with Crippen LogP contribution in [0.15, 0.2) is 18.2 Å². The Morgan fingerprint density at radius 1 is 1.30 bits per heavy atom. The first-order valence-electron chi connectivity index (χ1n) is 6.90. The fourth-order valence-electron chi connectivity index (χ4n) is 1.83. The Balaban J connectivity index is 2.20. The van der Waals surface area contributed by atoms with Crippen molar-refractivity contribution in [2.45, 2.75) is 19.8 Å². The SMILES string of the molecule is Cc1cc(Cl)ccc1NC(=O)CCNCCCN(C)C. The van der Waals surface area contributed by atoms with E-state index >= 15 is 0 Å². The smallest absolute Gasteiger partial charge is 0.225 e. The highest BCUT2D eigenvalue weighted by Crippen LogP contribution is 2.19. The van der Waals surface area contributed by atoms with Crippen molar-refractivity contribution in [1.29, 1.82) is 0 Å². The second-order valence-electron chi connectivity index (χ2n) is 5.16. The van der Waals surface area contributed by atoms with Crippen LogP contribution in [0.3, 0.4) is 0 Å². The Labute approximate surface area is 126 Å². The van der Waals surface area contributed by atoms with Gasteiger partial charge in [-0.25, -0.2) is 0 Å². The van der Waals surface area contributed by atoms with E-state index in [2.05, 4.69) is 29.6 Å². The molecule has 0 fully saturated rings. The van der Waals surface area contributed by atoms with Crippen molar-refractivity contribution in [2.75, 3.05) is 39.0 Å². The second-order valence-corrected chi connectivity index (χ2v) is 5.60. The Morgan fingerprint density at radius 3 is 2.70 bits per heavy atom. The Hall–Kier alpha value is -1.10. The van der Waals surface area contributed by atoms with E-state index in [0.717, 1.165) is 30.8 Å². The van der Waals surface area contributed by atoms with Gasteiger partial charge in [0.05, 0.1) is 0 Å². The van der Waals surface area contributed by atoms with Crippen LogP contribution in [0.2, 0.25) is 5.02 Å². The van der Waals surface area contributed by atoms with E-state index in [9.17, 15) is 4.79 Å². The lowest BCUT2D eigenvalue weighted by Crippen LogP contribution is -2.25. The molecule has 0 saturated carbocycles. The summed E-state index contributed by atoms with van der Waals surface area (Å²) in [6.45, 7) is 4.63. The van der Waals surface area contributed by atoms with E-state index in [1.165, 1.54) is 0 Å². The maximum absolute atomic E-state index is 11.8. The van der Waals surface area contributed by atoms with Gasteiger partial charge >= 0.3 is 0 Å². The summed E-state index contributed by atoms with van der Waals surface area (Å²) in [5.74, 6) is 0.0236. The molecule has 0 unspecified atom stereocenters. The quantitative estimate of drug-likeness (QED) is 0.725. The molecule has 0 radical (unpaired) electrons. The zero-order chi connectivity index (χ0) is 15.0. The average molecular weight is 298 g/mol. The van der Waals surface area contributed by atoms with Crippen molar-refractivity contribution >= 4 is 23.2 Å². The standard InChI is InChI=1S/C15H24ClN3O/c1-12-11-13(16)5-6-14(12)18-15(20)7-9-17-8-4-10-19(2)3/h5-6,11,17H,4,7-10H2,1-3H3,(H,18,20). The van der Waals surface area contributed by atoms with Gasteiger partial charge in [-0.2, -0.15) is 0 Å². The van der Waals surface area contributed by atoms with Crippen molar-refractivity contribution in [1.82, 2.24) is 10.2 Å². The largest absolute Gasteiger partial charge is 0.326 e. The molecule has 5 heteroatoms. The van der Waals surface area contributed by atoms with E-state index in [1.54, 1.807) is 6.07 Å². The Morgan fingerprint density at radius 2 is 2.05 bits per heavy atom. The summed E-state index contributed by atoms with van der Waals surface area (Å²) in [7, 11) is 4.11. The van der Waals surface area contributed by atoms with Crippen LogP contribution in [-0.2, 0) is 4.79 Å².